The molecule has 1 aliphatic carbocycles. The first kappa shape index (κ1) is 22.2. The van der Waals surface area contributed by atoms with Gasteiger partial charge in [0, 0.05) is 0 Å². The predicted molar refractivity (Wildman–Crippen MR) is 94.1 cm³/mol. The third-order valence-corrected chi connectivity index (χ3v) is 3.85. The summed E-state index contributed by atoms with van der Waals surface area (Å²) in [4.78, 5) is 19.9. The summed E-state index contributed by atoms with van der Waals surface area (Å²) in [5.41, 5.74) is 0.984. The highest BCUT2D eigenvalue weighted by atomic mass is 19.4. The normalized spacial score (nSPS) is 17.7. The largest absolute Gasteiger partial charge is 0.483 e. The molecule has 1 aliphatic rings. The maximum atomic E-state index is 11.9. The second kappa shape index (κ2) is 11.7. The fourth-order valence-electron chi connectivity index (χ4n) is 2.53. The number of alkyl halides is 3. The average molecular weight is 382 g/mol. The Labute approximate surface area is 155 Å². The molecule has 2 atom stereocenters. The average Bonchev–Trinajstić information content (AvgIpc) is 2.62. The Morgan fingerprint density at radius 1 is 1.00 bits per heavy atom. The molecule has 2 unspecified atom stereocenters. The van der Waals surface area contributed by atoms with Gasteiger partial charge in [0.15, 0.2) is 6.61 Å². The van der Waals surface area contributed by atoms with E-state index in [2.05, 4.69) is 4.74 Å². The fraction of sp³-hybridized carbons (Fsp3) is 0.300. The molecule has 0 radical (unpaired) electrons. The molecule has 1 fully saturated rings. The molecule has 0 spiro atoms. The minimum Gasteiger partial charge on any atom is -0.483 e. The number of hydrogen-bond acceptors (Lipinski definition) is 3. The molecule has 3 rings (SSSR count). The Bertz CT molecular complexity index is 633. The van der Waals surface area contributed by atoms with E-state index in [0.29, 0.717) is 6.42 Å². The molecule has 0 saturated heterocycles. The minimum atomic E-state index is -4.46. The van der Waals surface area contributed by atoms with Crippen molar-refractivity contribution in [2.75, 3.05) is 6.61 Å². The van der Waals surface area contributed by atoms with Gasteiger partial charge in [0.2, 0.25) is 0 Å². The summed E-state index contributed by atoms with van der Waals surface area (Å²) in [5, 5.41) is 6.89. The molecule has 0 amide bonds. The van der Waals surface area contributed by atoms with Crippen LogP contribution in [-0.2, 0) is 14.3 Å². The lowest BCUT2D eigenvalue weighted by molar-refractivity contribution is -0.191. The van der Waals surface area contributed by atoms with Gasteiger partial charge in [0.25, 0.3) is 6.47 Å². The standard InChI is InChI=1S/C13H13F3O2.C6H6.CH2O2/c14-13(15,16)8-18-12(17)11-7-6-10(11)9-4-2-1-3-5-9;1-2-4-6-5-3-1;2-1-3/h1-5,10-11H,6-8H2;1-6H;1H,(H,2,3). The van der Waals surface area contributed by atoms with E-state index in [1.54, 1.807) is 0 Å². The predicted octanol–water partition coefficient (Wildman–Crippen LogP) is 4.67. The lowest BCUT2D eigenvalue weighted by Crippen LogP contribution is -2.34. The Morgan fingerprint density at radius 3 is 1.81 bits per heavy atom. The summed E-state index contributed by atoms with van der Waals surface area (Å²) in [6.07, 6.45) is -3.05. The van der Waals surface area contributed by atoms with Gasteiger partial charge in [-0.25, -0.2) is 0 Å². The number of hydrogen-bond donors (Lipinski definition) is 1. The molecule has 2 aromatic rings. The summed E-state index contributed by atoms with van der Waals surface area (Å²) in [5.74, 6) is -1.19. The van der Waals surface area contributed by atoms with Crippen molar-refractivity contribution < 1.29 is 32.6 Å². The lowest BCUT2D eigenvalue weighted by Gasteiger charge is -2.35. The first-order chi connectivity index (χ1) is 12.9. The van der Waals surface area contributed by atoms with Crippen molar-refractivity contribution in [1.29, 1.82) is 0 Å². The number of carbonyl (C=O) groups excluding carboxylic acids is 1. The van der Waals surface area contributed by atoms with Crippen LogP contribution in [0.3, 0.4) is 0 Å². The van der Waals surface area contributed by atoms with Crippen LogP contribution in [0.2, 0.25) is 0 Å². The quantitative estimate of drug-likeness (QED) is 0.619. The summed E-state index contributed by atoms with van der Waals surface area (Å²) in [7, 11) is 0. The Morgan fingerprint density at radius 2 is 1.44 bits per heavy atom. The summed E-state index contributed by atoms with van der Waals surface area (Å²) in [6.45, 7) is -1.75. The van der Waals surface area contributed by atoms with Crippen molar-refractivity contribution in [1.82, 2.24) is 0 Å². The maximum absolute atomic E-state index is 11.9. The Hall–Kier alpha value is -2.83. The molecule has 0 bridgehead atoms. The van der Waals surface area contributed by atoms with Crippen LogP contribution in [0.15, 0.2) is 66.7 Å². The lowest BCUT2D eigenvalue weighted by atomic mass is 9.70. The highest BCUT2D eigenvalue weighted by Gasteiger charge is 2.40. The second-order valence-electron chi connectivity index (χ2n) is 5.68. The third-order valence-electron chi connectivity index (χ3n) is 3.85. The van der Waals surface area contributed by atoms with Crippen molar-refractivity contribution in [3.63, 3.8) is 0 Å². The van der Waals surface area contributed by atoms with Crippen LogP contribution in [0, 0.1) is 5.92 Å². The highest BCUT2D eigenvalue weighted by molar-refractivity contribution is 5.75. The molecule has 7 heteroatoms. The number of rotatable bonds is 3. The zero-order valence-corrected chi connectivity index (χ0v) is 14.5. The number of carboxylic acid groups (broad SMARTS) is 1. The molecule has 0 aliphatic heterocycles. The van der Waals surface area contributed by atoms with E-state index in [1.165, 1.54) is 0 Å². The van der Waals surface area contributed by atoms with Crippen molar-refractivity contribution in [3.8, 4) is 0 Å². The molecule has 146 valence electrons. The summed E-state index contributed by atoms with van der Waals surface area (Å²) < 4.78 is 40.1. The van der Waals surface area contributed by atoms with Gasteiger partial charge in [-0.3, -0.25) is 9.59 Å². The van der Waals surface area contributed by atoms with E-state index < -0.39 is 24.7 Å². The highest BCUT2D eigenvalue weighted by Crippen LogP contribution is 2.43. The van der Waals surface area contributed by atoms with Crippen LogP contribution in [-0.4, -0.2) is 30.3 Å². The van der Waals surface area contributed by atoms with Crippen molar-refractivity contribution in [2.45, 2.75) is 24.9 Å². The van der Waals surface area contributed by atoms with Crippen LogP contribution in [0.1, 0.15) is 24.3 Å². The van der Waals surface area contributed by atoms with Crippen molar-refractivity contribution in [2.24, 2.45) is 5.92 Å². The molecule has 4 nitrogen and oxygen atoms in total. The summed E-state index contributed by atoms with van der Waals surface area (Å²) in [6, 6.07) is 21.3. The fourth-order valence-corrected chi connectivity index (χ4v) is 2.53. The zero-order valence-electron chi connectivity index (χ0n) is 14.5. The molecular formula is C20H21F3O4. The molecule has 1 N–H and O–H groups in total. The van der Waals surface area contributed by atoms with Crippen LogP contribution >= 0.6 is 0 Å². The van der Waals surface area contributed by atoms with Crippen molar-refractivity contribution in [3.05, 3.63) is 72.3 Å². The number of esters is 1. The van der Waals surface area contributed by atoms with Gasteiger partial charge in [0.1, 0.15) is 0 Å². The number of halogens is 3. The van der Waals surface area contributed by atoms with Crippen LogP contribution < -0.4 is 0 Å². The number of ether oxygens (including phenoxy) is 1. The monoisotopic (exact) mass is 382 g/mol. The maximum Gasteiger partial charge on any atom is 0.422 e. The van der Waals surface area contributed by atoms with Crippen LogP contribution in [0.4, 0.5) is 13.2 Å². The van der Waals surface area contributed by atoms with E-state index in [-0.39, 0.29) is 12.4 Å². The van der Waals surface area contributed by atoms with E-state index in [4.69, 9.17) is 9.90 Å². The van der Waals surface area contributed by atoms with Gasteiger partial charge >= 0.3 is 12.1 Å². The van der Waals surface area contributed by atoms with Crippen LogP contribution in [0.5, 0.6) is 0 Å². The number of benzene rings is 2. The Balaban J connectivity index is 0.000000335. The van der Waals surface area contributed by atoms with Crippen molar-refractivity contribution >= 4 is 12.4 Å². The van der Waals surface area contributed by atoms with E-state index in [0.717, 1.165) is 12.0 Å². The zero-order chi connectivity index (χ0) is 20.1. The molecule has 0 aromatic heterocycles. The van der Waals surface area contributed by atoms with Gasteiger partial charge < -0.3 is 9.84 Å². The van der Waals surface area contributed by atoms with E-state index in [9.17, 15) is 18.0 Å². The second-order valence-corrected chi connectivity index (χ2v) is 5.68. The van der Waals surface area contributed by atoms with E-state index in [1.807, 2.05) is 66.7 Å². The molecule has 1 saturated carbocycles. The SMILES string of the molecule is O=C(OCC(F)(F)F)C1CCC1c1ccccc1.O=CO.c1ccccc1. The van der Waals surface area contributed by atoms with Gasteiger partial charge in [-0.2, -0.15) is 13.2 Å². The molecule has 0 heterocycles. The Kier molecular flexibility index (Phi) is 9.64. The molecular weight excluding hydrogens is 361 g/mol. The summed E-state index contributed by atoms with van der Waals surface area (Å²) >= 11 is 0. The van der Waals surface area contributed by atoms with Gasteiger partial charge in [-0.15, -0.1) is 0 Å². The first-order valence-corrected chi connectivity index (χ1v) is 8.25. The first-order valence-electron chi connectivity index (χ1n) is 8.25. The van der Waals surface area contributed by atoms with Gasteiger partial charge in [-0.05, 0) is 24.3 Å². The minimum absolute atomic E-state index is 0.00747. The third kappa shape index (κ3) is 8.89. The van der Waals surface area contributed by atoms with Gasteiger partial charge in [-0.1, -0.05) is 66.7 Å². The smallest absolute Gasteiger partial charge is 0.422 e. The van der Waals surface area contributed by atoms with Gasteiger partial charge in [0.05, 0.1) is 5.92 Å². The molecule has 2 aromatic carbocycles. The van der Waals surface area contributed by atoms with Crippen LogP contribution in [0.25, 0.3) is 0 Å². The number of carbonyl (C=O) groups is 2. The molecule has 27 heavy (non-hydrogen) atoms. The topological polar surface area (TPSA) is 63.6 Å². The van der Waals surface area contributed by atoms with E-state index >= 15 is 0 Å².